The highest BCUT2D eigenvalue weighted by molar-refractivity contribution is 5.94. The number of amides is 2. The van der Waals surface area contributed by atoms with Crippen molar-refractivity contribution in [3.63, 3.8) is 0 Å². The van der Waals surface area contributed by atoms with Gasteiger partial charge in [0.25, 0.3) is 5.91 Å². The third-order valence-corrected chi connectivity index (χ3v) is 3.96. The zero-order chi connectivity index (χ0) is 16.8. The van der Waals surface area contributed by atoms with Gasteiger partial charge >= 0.3 is 0 Å². The molecule has 0 bridgehead atoms. The van der Waals surface area contributed by atoms with Gasteiger partial charge in [0.05, 0.1) is 6.61 Å². The molecule has 1 heterocycles. The van der Waals surface area contributed by atoms with Gasteiger partial charge in [-0.1, -0.05) is 19.9 Å². The van der Waals surface area contributed by atoms with Crippen molar-refractivity contribution >= 4 is 11.8 Å². The summed E-state index contributed by atoms with van der Waals surface area (Å²) in [7, 11) is 0. The first-order valence-electron chi connectivity index (χ1n) is 8.04. The number of nitrogens with one attached hydrogen (secondary N) is 1. The first-order chi connectivity index (χ1) is 11.0. The van der Waals surface area contributed by atoms with E-state index in [1.54, 1.807) is 17.0 Å². The SMILES string of the molecule is CC(C)COc1cccc(C(=O)N2CCC(C(=O)NN)CC2)c1. The van der Waals surface area contributed by atoms with E-state index in [0.29, 0.717) is 49.8 Å². The molecule has 0 saturated carbocycles. The topological polar surface area (TPSA) is 84.7 Å². The second kappa shape index (κ2) is 7.97. The lowest BCUT2D eigenvalue weighted by Crippen LogP contribution is -2.44. The van der Waals surface area contributed by atoms with Crippen molar-refractivity contribution < 1.29 is 14.3 Å². The molecule has 0 radical (unpaired) electrons. The van der Waals surface area contributed by atoms with Gasteiger partial charge in [0.2, 0.25) is 5.91 Å². The highest BCUT2D eigenvalue weighted by Gasteiger charge is 2.27. The van der Waals surface area contributed by atoms with Crippen molar-refractivity contribution in [3.05, 3.63) is 29.8 Å². The van der Waals surface area contributed by atoms with Crippen LogP contribution < -0.4 is 16.0 Å². The number of nitrogens with two attached hydrogens (primary N) is 1. The molecule has 1 aromatic carbocycles. The van der Waals surface area contributed by atoms with E-state index >= 15 is 0 Å². The number of hydrogen-bond acceptors (Lipinski definition) is 4. The van der Waals surface area contributed by atoms with Crippen molar-refractivity contribution in [2.24, 2.45) is 17.7 Å². The molecule has 1 aromatic rings. The molecule has 0 spiro atoms. The number of rotatable bonds is 5. The number of hydrogen-bond donors (Lipinski definition) is 2. The number of ether oxygens (including phenoxy) is 1. The van der Waals surface area contributed by atoms with E-state index in [4.69, 9.17) is 10.6 Å². The van der Waals surface area contributed by atoms with Gasteiger partial charge in [-0.05, 0) is 37.0 Å². The number of carbonyl (C=O) groups excluding carboxylic acids is 2. The van der Waals surface area contributed by atoms with E-state index in [0.717, 1.165) is 0 Å². The van der Waals surface area contributed by atoms with Crippen LogP contribution in [0.15, 0.2) is 24.3 Å². The van der Waals surface area contributed by atoms with Gasteiger partial charge in [-0.3, -0.25) is 15.0 Å². The largest absolute Gasteiger partial charge is 0.493 e. The highest BCUT2D eigenvalue weighted by atomic mass is 16.5. The minimum absolute atomic E-state index is 0.0217. The maximum atomic E-state index is 12.6. The van der Waals surface area contributed by atoms with Crippen LogP contribution in [0.25, 0.3) is 0 Å². The van der Waals surface area contributed by atoms with Crippen molar-refractivity contribution in [3.8, 4) is 5.75 Å². The normalized spacial score (nSPS) is 15.6. The Labute approximate surface area is 136 Å². The molecule has 1 saturated heterocycles. The Morgan fingerprint density at radius 1 is 1.35 bits per heavy atom. The summed E-state index contributed by atoms with van der Waals surface area (Å²) >= 11 is 0. The zero-order valence-electron chi connectivity index (χ0n) is 13.7. The van der Waals surface area contributed by atoms with Crippen LogP contribution in [0.5, 0.6) is 5.75 Å². The van der Waals surface area contributed by atoms with Crippen LogP contribution in [0.4, 0.5) is 0 Å². The first kappa shape index (κ1) is 17.3. The Bertz CT molecular complexity index is 552. The molecule has 0 unspecified atom stereocenters. The van der Waals surface area contributed by atoms with Crippen LogP contribution in [0.1, 0.15) is 37.0 Å². The van der Waals surface area contributed by atoms with Crippen molar-refractivity contribution in [2.75, 3.05) is 19.7 Å². The molecule has 0 atom stereocenters. The van der Waals surface area contributed by atoms with E-state index in [-0.39, 0.29) is 17.7 Å². The lowest BCUT2D eigenvalue weighted by atomic mass is 9.95. The van der Waals surface area contributed by atoms with Gasteiger partial charge in [-0.15, -0.1) is 0 Å². The van der Waals surface area contributed by atoms with Crippen molar-refractivity contribution in [1.82, 2.24) is 10.3 Å². The summed E-state index contributed by atoms with van der Waals surface area (Å²) in [5, 5.41) is 0. The minimum Gasteiger partial charge on any atom is -0.493 e. The van der Waals surface area contributed by atoms with Crippen LogP contribution in [0, 0.1) is 11.8 Å². The quantitative estimate of drug-likeness (QED) is 0.490. The summed E-state index contributed by atoms with van der Waals surface area (Å²) in [4.78, 5) is 25.9. The average Bonchev–Trinajstić information content (AvgIpc) is 2.59. The fourth-order valence-corrected chi connectivity index (χ4v) is 2.63. The number of piperidine rings is 1. The van der Waals surface area contributed by atoms with Crippen LogP contribution in [0.3, 0.4) is 0 Å². The summed E-state index contributed by atoms with van der Waals surface area (Å²) in [6.45, 7) is 5.91. The van der Waals surface area contributed by atoms with E-state index in [1.165, 1.54) is 0 Å². The van der Waals surface area contributed by atoms with Crippen molar-refractivity contribution in [2.45, 2.75) is 26.7 Å². The molecule has 2 rings (SSSR count). The van der Waals surface area contributed by atoms with Crippen LogP contribution in [-0.4, -0.2) is 36.4 Å². The Balaban J connectivity index is 1.96. The molecule has 1 aliphatic rings. The smallest absolute Gasteiger partial charge is 0.253 e. The molecular weight excluding hydrogens is 294 g/mol. The summed E-state index contributed by atoms with van der Waals surface area (Å²) in [5.41, 5.74) is 2.80. The van der Waals surface area contributed by atoms with E-state index < -0.39 is 0 Å². The number of carbonyl (C=O) groups is 2. The highest BCUT2D eigenvalue weighted by Crippen LogP contribution is 2.21. The van der Waals surface area contributed by atoms with Gasteiger partial charge in [0.15, 0.2) is 0 Å². The molecule has 23 heavy (non-hydrogen) atoms. The average molecular weight is 319 g/mol. The zero-order valence-corrected chi connectivity index (χ0v) is 13.7. The number of nitrogens with zero attached hydrogens (tertiary/aromatic N) is 1. The van der Waals surface area contributed by atoms with Gasteiger partial charge in [0.1, 0.15) is 5.75 Å². The maximum absolute atomic E-state index is 12.6. The molecule has 126 valence electrons. The summed E-state index contributed by atoms with van der Waals surface area (Å²) < 4.78 is 5.67. The minimum atomic E-state index is -0.152. The number of benzene rings is 1. The number of hydrazine groups is 1. The summed E-state index contributed by atoms with van der Waals surface area (Å²) in [6.07, 6.45) is 1.27. The predicted molar refractivity (Wildman–Crippen MR) is 87.7 cm³/mol. The third kappa shape index (κ3) is 4.69. The van der Waals surface area contributed by atoms with Gasteiger partial charge in [-0.2, -0.15) is 0 Å². The predicted octanol–water partition coefficient (Wildman–Crippen LogP) is 1.56. The Morgan fingerprint density at radius 3 is 2.65 bits per heavy atom. The molecule has 1 aliphatic heterocycles. The lowest BCUT2D eigenvalue weighted by molar-refractivity contribution is -0.126. The van der Waals surface area contributed by atoms with E-state index in [2.05, 4.69) is 19.3 Å². The Kier molecular flexibility index (Phi) is 5.98. The van der Waals surface area contributed by atoms with Gasteiger partial charge in [0, 0.05) is 24.6 Å². The monoisotopic (exact) mass is 319 g/mol. The lowest BCUT2D eigenvalue weighted by Gasteiger charge is -2.31. The van der Waals surface area contributed by atoms with Crippen LogP contribution >= 0.6 is 0 Å². The van der Waals surface area contributed by atoms with Gasteiger partial charge < -0.3 is 9.64 Å². The number of likely N-dealkylation sites (tertiary alicyclic amines) is 1. The Morgan fingerprint density at radius 2 is 2.04 bits per heavy atom. The molecule has 0 aromatic heterocycles. The molecule has 0 aliphatic carbocycles. The molecule has 2 amide bonds. The maximum Gasteiger partial charge on any atom is 0.253 e. The molecule has 3 N–H and O–H groups in total. The fourth-order valence-electron chi connectivity index (χ4n) is 2.63. The Hall–Kier alpha value is -2.08. The fraction of sp³-hybridized carbons (Fsp3) is 0.529. The first-order valence-corrected chi connectivity index (χ1v) is 8.04. The van der Waals surface area contributed by atoms with Crippen LogP contribution in [-0.2, 0) is 4.79 Å². The van der Waals surface area contributed by atoms with Crippen LogP contribution in [0.2, 0.25) is 0 Å². The standard InChI is InChI=1S/C17H25N3O3/c1-12(2)11-23-15-5-3-4-14(10-15)17(22)20-8-6-13(7-9-20)16(21)19-18/h3-5,10,12-13H,6-9,11,18H2,1-2H3,(H,19,21). The van der Waals surface area contributed by atoms with Crippen molar-refractivity contribution in [1.29, 1.82) is 0 Å². The summed E-state index contributed by atoms with van der Waals surface area (Å²) in [6, 6.07) is 7.27. The molecule has 6 nitrogen and oxygen atoms in total. The van der Waals surface area contributed by atoms with E-state index in [9.17, 15) is 9.59 Å². The second-order valence-electron chi connectivity index (χ2n) is 6.31. The molecule has 6 heteroatoms. The molecular formula is C17H25N3O3. The second-order valence-corrected chi connectivity index (χ2v) is 6.31. The third-order valence-electron chi connectivity index (χ3n) is 3.96. The summed E-state index contributed by atoms with van der Waals surface area (Å²) in [5.74, 6) is 6.02. The van der Waals surface area contributed by atoms with Gasteiger partial charge in [-0.25, -0.2) is 5.84 Å². The van der Waals surface area contributed by atoms with E-state index in [1.807, 2.05) is 12.1 Å². The molecule has 1 fully saturated rings.